The molecule has 1 aliphatic rings. The summed E-state index contributed by atoms with van der Waals surface area (Å²) in [6, 6.07) is -0.820. The summed E-state index contributed by atoms with van der Waals surface area (Å²) in [7, 11) is 0. The molecule has 0 saturated carbocycles. The fraction of sp³-hybridized carbons (Fsp3) is 0.820. The van der Waals surface area contributed by atoms with Gasteiger partial charge in [0.15, 0.2) is 6.29 Å². The van der Waals surface area contributed by atoms with Crippen LogP contribution in [0.25, 0.3) is 0 Å². The molecule has 6 N–H and O–H groups in total. The maximum absolute atomic E-state index is 13.0. The van der Waals surface area contributed by atoms with Crippen LogP contribution in [-0.4, -0.2) is 87.5 Å². The first-order valence-electron chi connectivity index (χ1n) is 24.4. The first kappa shape index (κ1) is 55.2. The average Bonchev–Trinajstić information content (AvgIpc) is 3.23. The number of rotatable bonds is 40. The predicted molar refractivity (Wildman–Crippen MR) is 244 cm³/mol. The maximum Gasteiger partial charge on any atom is 0.220 e. The Labute approximate surface area is 361 Å². The smallest absolute Gasteiger partial charge is 0.220 e. The van der Waals surface area contributed by atoms with Crippen molar-refractivity contribution in [2.24, 2.45) is 0 Å². The second kappa shape index (κ2) is 40.2. The van der Waals surface area contributed by atoms with Crippen LogP contribution in [0.15, 0.2) is 48.6 Å². The van der Waals surface area contributed by atoms with Crippen LogP contribution < -0.4 is 5.32 Å². The van der Waals surface area contributed by atoms with E-state index in [0.29, 0.717) is 6.42 Å². The van der Waals surface area contributed by atoms with Crippen molar-refractivity contribution in [1.82, 2.24) is 5.32 Å². The minimum atomic E-state index is -1.57. The van der Waals surface area contributed by atoms with Crippen molar-refractivity contribution < 1.29 is 39.8 Å². The van der Waals surface area contributed by atoms with Crippen LogP contribution in [0.1, 0.15) is 206 Å². The molecule has 9 nitrogen and oxygen atoms in total. The summed E-state index contributed by atoms with van der Waals surface area (Å²) >= 11 is 0. The molecule has 1 amide bonds. The molecule has 1 fully saturated rings. The van der Waals surface area contributed by atoms with E-state index in [0.717, 1.165) is 44.9 Å². The molecule has 344 valence electrons. The Balaban J connectivity index is 2.24. The topological polar surface area (TPSA) is 149 Å². The van der Waals surface area contributed by atoms with Crippen LogP contribution in [0, 0.1) is 0 Å². The second-order valence-electron chi connectivity index (χ2n) is 16.9. The molecular formula is C50H91NO8. The monoisotopic (exact) mass is 834 g/mol. The number of hydrogen-bond acceptors (Lipinski definition) is 8. The Morgan fingerprint density at radius 3 is 1.53 bits per heavy atom. The van der Waals surface area contributed by atoms with Gasteiger partial charge in [-0.15, -0.1) is 0 Å². The molecule has 0 spiro atoms. The van der Waals surface area contributed by atoms with Gasteiger partial charge < -0.3 is 40.3 Å². The summed E-state index contributed by atoms with van der Waals surface area (Å²) < 4.78 is 11.2. The summed E-state index contributed by atoms with van der Waals surface area (Å²) in [6.45, 7) is 3.71. The summed E-state index contributed by atoms with van der Waals surface area (Å²) in [4.78, 5) is 13.0. The van der Waals surface area contributed by atoms with E-state index in [-0.39, 0.29) is 12.5 Å². The zero-order chi connectivity index (χ0) is 43.0. The molecule has 0 aliphatic carbocycles. The number of hydrogen-bond donors (Lipinski definition) is 6. The summed E-state index contributed by atoms with van der Waals surface area (Å²) in [5.74, 6) is -0.190. The number of ether oxygens (including phenoxy) is 2. The van der Waals surface area contributed by atoms with Crippen molar-refractivity contribution in [3.05, 3.63) is 48.6 Å². The Kier molecular flexibility index (Phi) is 37.6. The number of nitrogens with one attached hydrogen (secondary N) is 1. The number of amides is 1. The minimum Gasteiger partial charge on any atom is -0.394 e. The van der Waals surface area contributed by atoms with Gasteiger partial charge in [0.25, 0.3) is 0 Å². The molecule has 7 unspecified atom stereocenters. The zero-order valence-electron chi connectivity index (χ0n) is 37.7. The Hall–Kier alpha value is -1.85. The molecule has 7 atom stereocenters. The van der Waals surface area contributed by atoms with Crippen molar-refractivity contribution in [2.45, 2.75) is 249 Å². The fourth-order valence-corrected chi connectivity index (χ4v) is 7.44. The van der Waals surface area contributed by atoms with E-state index in [9.17, 15) is 30.3 Å². The summed E-state index contributed by atoms with van der Waals surface area (Å²) in [6.07, 6.45) is 44.6. The van der Waals surface area contributed by atoms with Crippen LogP contribution in [0.2, 0.25) is 0 Å². The van der Waals surface area contributed by atoms with Crippen LogP contribution >= 0.6 is 0 Å². The average molecular weight is 834 g/mol. The lowest BCUT2D eigenvalue weighted by atomic mass is 9.99. The molecule has 1 heterocycles. The number of aliphatic hydroxyl groups is 5. The fourth-order valence-electron chi connectivity index (χ4n) is 7.44. The van der Waals surface area contributed by atoms with Gasteiger partial charge in [0.05, 0.1) is 25.4 Å². The zero-order valence-corrected chi connectivity index (χ0v) is 37.7. The highest BCUT2D eigenvalue weighted by Gasteiger charge is 2.44. The van der Waals surface area contributed by atoms with Crippen molar-refractivity contribution >= 4 is 5.91 Å². The third-order valence-electron chi connectivity index (χ3n) is 11.4. The molecular weight excluding hydrogens is 743 g/mol. The van der Waals surface area contributed by atoms with Gasteiger partial charge in [0.1, 0.15) is 24.4 Å². The van der Waals surface area contributed by atoms with Gasteiger partial charge in [-0.1, -0.05) is 184 Å². The van der Waals surface area contributed by atoms with E-state index >= 15 is 0 Å². The molecule has 1 rings (SSSR count). The van der Waals surface area contributed by atoms with E-state index < -0.39 is 49.5 Å². The molecule has 1 aliphatic heterocycles. The first-order chi connectivity index (χ1) is 28.8. The normalized spacial score (nSPS) is 21.1. The molecule has 0 radical (unpaired) electrons. The number of unbranched alkanes of at least 4 members (excludes halogenated alkanes) is 24. The maximum atomic E-state index is 13.0. The van der Waals surface area contributed by atoms with E-state index in [4.69, 9.17) is 9.47 Å². The number of carbonyl (C=O) groups is 1. The minimum absolute atomic E-state index is 0.190. The third kappa shape index (κ3) is 30.8. The summed E-state index contributed by atoms with van der Waals surface area (Å²) in [5, 5.41) is 54.1. The van der Waals surface area contributed by atoms with Crippen molar-refractivity contribution in [3.63, 3.8) is 0 Å². The highest BCUT2D eigenvalue weighted by Crippen LogP contribution is 2.22. The van der Waals surface area contributed by atoms with Gasteiger partial charge in [-0.05, 0) is 64.2 Å². The number of carbonyl (C=O) groups excluding carboxylic acids is 1. The lowest BCUT2D eigenvalue weighted by Crippen LogP contribution is -2.60. The van der Waals surface area contributed by atoms with Crippen LogP contribution in [0.4, 0.5) is 0 Å². The number of aliphatic hydroxyl groups excluding tert-OH is 5. The van der Waals surface area contributed by atoms with E-state index in [2.05, 4.69) is 55.6 Å². The van der Waals surface area contributed by atoms with Gasteiger partial charge in [0, 0.05) is 6.42 Å². The van der Waals surface area contributed by atoms with E-state index in [1.807, 2.05) is 6.08 Å². The standard InChI is InChI=1S/C50H91NO8/c1-3-5-7-9-11-13-15-16-17-18-19-20-21-22-23-24-25-26-27-28-30-32-34-36-38-40-46(54)51-43(42-58-50-49(57)48(56)47(55)45(41-52)59-50)44(53)39-37-35-33-31-29-14-12-10-8-6-4-2/h15-16,18-19,29,31,37,39,43-45,47-50,52-53,55-57H,3-14,17,20-28,30,32-36,38,40-42H2,1-2H3,(H,51,54)/b16-15-,19-18-,31-29+,39-37+. The molecule has 0 aromatic rings. The van der Waals surface area contributed by atoms with Crippen molar-refractivity contribution in [3.8, 4) is 0 Å². The predicted octanol–water partition coefficient (Wildman–Crippen LogP) is 10.6. The Morgan fingerprint density at radius 2 is 1.02 bits per heavy atom. The molecule has 0 aromatic carbocycles. The molecule has 9 heteroatoms. The van der Waals surface area contributed by atoms with Gasteiger partial charge >= 0.3 is 0 Å². The number of allylic oxidation sites excluding steroid dienone is 7. The van der Waals surface area contributed by atoms with Crippen LogP contribution in [0.5, 0.6) is 0 Å². The Morgan fingerprint density at radius 1 is 0.576 bits per heavy atom. The largest absolute Gasteiger partial charge is 0.394 e. The lowest BCUT2D eigenvalue weighted by Gasteiger charge is -2.40. The lowest BCUT2D eigenvalue weighted by molar-refractivity contribution is -0.302. The first-order valence-corrected chi connectivity index (χ1v) is 24.4. The van der Waals surface area contributed by atoms with Crippen molar-refractivity contribution in [2.75, 3.05) is 13.2 Å². The van der Waals surface area contributed by atoms with E-state index in [1.54, 1.807) is 6.08 Å². The van der Waals surface area contributed by atoms with Crippen LogP contribution in [-0.2, 0) is 14.3 Å². The van der Waals surface area contributed by atoms with Gasteiger partial charge in [-0.25, -0.2) is 0 Å². The second-order valence-corrected chi connectivity index (χ2v) is 16.9. The summed E-state index contributed by atoms with van der Waals surface area (Å²) in [5.41, 5.74) is 0. The molecule has 59 heavy (non-hydrogen) atoms. The van der Waals surface area contributed by atoms with Crippen LogP contribution in [0.3, 0.4) is 0 Å². The van der Waals surface area contributed by atoms with E-state index in [1.165, 1.54) is 141 Å². The highest BCUT2D eigenvalue weighted by molar-refractivity contribution is 5.76. The Bertz CT molecular complexity index is 1060. The van der Waals surface area contributed by atoms with Crippen molar-refractivity contribution in [1.29, 1.82) is 0 Å². The molecule has 0 aromatic heterocycles. The third-order valence-corrected chi connectivity index (χ3v) is 11.4. The quantitative estimate of drug-likeness (QED) is 0.0264. The van der Waals surface area contributed by atoms with Gasteiger partial charge in [-0.2, -0.15) is 0 Å². The van der Waals surface area contributed by atoms with Gasteiger partial charge in [0.2, 0.25) is 5.91 Å². The molecule has 0 bridgehead atoms. The highest BCUT2D eigenvalue weighted by atomic mass is 16.7. The van der Waals surface area contributed by atoms with Gasteiger partial charge in [-0.3, -0.25) is 4.79 Å². The SMILES string of the molecule is CCCCCCC/C=C\C/C=C\CCCCCCCCCCCCCCCC(=O)NC(COC1OC(CO)C(O)C(O)C1O)C(O)/C=C/CC/C=C/CCCCCCC. The molecule has 1 saturated heterocycles.